The summed E-state index contributed by atoms with van der Waals surface area (Å²) < 4.78 is 0. The summed E-state index contributed by atoms with van der Waals surface area (Å²) in [5.41, 5.74) is 3.81. The van der Waals surface area contributed by atoms with Crippen molar-refractivity contribution >= 4 is 33.2 Å². The molecule has 0 spiro atoms. The molecule has 5 heterocycles. The van der Waals surface area contributed by atoms with Crippen molar-refractivity contribution in [2.24, 2.45) is 0 Å². The first-order chi connectivity index (χ1) is 17.3. The lowest BCUT2D eigenvalue weighted by atomic mass is 10.1. The molecule has 5 aromatic rings. The van der Waals surface area contributed by atoms with Gasteiger partial charge in [-0.25, -0.2) is 15.0 Å². The van der Waals surface area contributed by atoms with Crippen molar-refractivity contribution in [3.8, 4) is 28.6 Å². The van der Waals surface area contributed by atoms with Crippen molar-refractivity contribution in [1.29, 1.82) is 5.26 Å². The molecule has 1 fully saturated rings. The predicted molar refractivity (Wildman–Crippen MR) is 139 cm³/mol. The van der Waals surface area contributed by atoms with Gasteiger partial charge in [-0.3, -0.25) is 4.98 Å². The van der Waals surface area contributed by atoms with Gasteiger partial charge in [-0.05, 0) is 29.8 Å². The maximum absolute atomic E-state index is 9.50. The Hall–Kier alpha value is -4.35. The van der Waals surface area contributed by atoms with Crippen molar-refractivity contribution in [2.45, 2.75) is 0 Å². The zero-order valence-corrected chi connectivity index (χ0v) is 19.7. The van der Waals surface area contributed by atoms with E-state index in [1.54, 1.807) is 36.0 Å². The molecule has 0 amide bonds. The molecule has 0 saturated carbocycles. The number of thiophene rings is 1. The van der Waals surface area contributed by atoms with E-state index in [0.29, 0.717) is 11.4 Å². The number of aromatic nitrogens is 4. The maximum Gasteiger partial charge on any atom is 0.164 e. The van der Waals surface area contributed by atoms with Crippen molar-refractivity contribution < 1.29 is 0 Å². The van der Waals surface area contributed by atoms with Gasteiger partial charge in [0.2, 0.25) is 0 Å². The highest BCUT2D eigenvalue weighted by atomic mass is 32.1. The SMILES string of the molecule is N#Cc1cccnc1N1CCN(c2nc(-c3cccnc3)nc3scc(-c4ccccc4)c23)CC1. The summed E-state index contributed by atoms with van der Waals surface area (Å²) in [6.07, 6.45) is 5.31. The van der Waals surface area contributed by atoms with Gasteiger partial charge in [0, 0.05) is 61.3 Å². The fourth-order valence-electron chi connectivity index (χ4n) is 4.47. The van der Waals surface area contributed by atoms with Gasteiger partial charge in [0.15, 0.2) is 5.82 Å². The quantitative estimate of drug-likeness (QED) is 0.361. The van der Waals surface area contributed by atoms with E-state index in [2.05, 4.69) is 55.5 Å². The molecular weight excluding hydrogens is 454 g/mol. The number of hydrogen-bond donors (Lipinski definition) is 0. The number of piperazine rings is 1. The van der Waals surface area contributed by atoms with Gasteiger partial charge in [0.05, 0.1) is 10.9 Å². The summed E-state index contributed by atoms with van der Waals surface area (Å²) in [5.74, 6) is 2.37. The van der Waals surface area contributed by atoms with Crippen LogP contribution in [0.2, 0.25) is 0 Å². The number of hydrogen-bond acceptors (Lipinski definition) is 8. The Bertz CT molecular complexity index is 1520. The zero-order chi connectivity index (χ0) is 23.6. The van der Waals surface area contributed by atoms with Crippen LogP contribution in [0.4, 0.5) is 11.6 Å². The van der Waals surface area contributed by atoms with Crippen molar-refractivity contribution in [3.05, 3.63) is 84.1 Å². The smallest absolute Gasteiger partial charge is 0.164 e. The molecule has 1 aliphatic rings. The van der Waals surface area contributed by atoms with E-state index in [1.807, 2.05) is 24.3 Å². The molecule has 8 heteroatoms. The molecule has 170 valence electrons. The fraction of sp³-hybridized carbons (Fsp3) is 0.148. The van der Waals surface area contributed by atoms with Crippen molar-refractivity contribution in [2.75, 3.05) is 36.0 Å². The summed E-state index contributed by atoms with van der Waals surface area (Å²) in [5, 5.41) is 12.8. The predicted octanol–water partition coefficient (Wildman–Crippen LogP) is 5.01. The molecule has 0 atom stereocenters. The first-order valence-electron chi connectivity index (χ1n) is 11.4. The minimum absolute atomic E-state index is 0.605. The van der Waals surface area contributed by atoms with Crippen LogP contribution in [-0.4, -0.2) is 46.1 Å². The van der Waals surface area contributed by atoms with E-state index in [9.17, 15) is 5.26 Å². The average Bonchev–Trinajstić information content (AvgIpc) is 3.38. The molecule has 7 nitrogen and oxygen atoms in total. The fourth-order valence-corrected chi connectivity index (χ4v) is 5.41. The van der Waals surface area contributed by atoms with E-state index in [4.69, 9.17) is 9.97 Å². The number of rotatable bonds is 4. The van der Waals surface area contributed by atoms with Crippen LogP contribution in [0, 0.1) is 11.3 Å². The Morgan fingerprint density at radius 3 is 2.29 bits per heavy atom. The van der Waals surface area contributed by atoms with Gasteiger partial charge in [0.1, 0.15) is 22.5 Å². The summed E-state index contributed by atoms with van der Waals surface area (Å²) in [7, 11) is 0. The van der Waals surface area contributed by atoms with Crippen LogP contribution in [-0.2, 0) is 0 Å². The Kier molecular flexibility index (Phi) is 5.53. The van der Waals surface area contributed by atoms with Crippen molar-refractivity contribution in [3.63, 3.8) is 0 Å². The van der Waals surface area contributed by atoms with Gasteiger partial charge < -0.3 is 9.80 Å². The molecule has 0 aliphatic carbocycles. The minimum atomic E-state index is 0.605. The molecule has 1 aromatic carbocycles. The Morgan fingerprint density at radius 1 is 0.800 bits per heavy atom. The molecule has 1 saturated heterocycles. The van der Waals surface area contributed by atoms with Crippen molar-refractivity contribution in [1.82, 2.24) is 19.9 Å². The van der Waals surface area contributed by atoms with Crippen LogP contribution in [0.25, 0.3) is 32.7 Å². The maximum atomic E-state index is 9.50. The monoisotopic (exact) mass is 475 g/mol. The largest absolute Gasteiger partial charge is 0.352 e. The second kappa shape index (κ2) is 9.12. The summed E-state index contributed by atoms with van der Waals surface area (Å²) in [6.45, 7) is 3.04. The van der Waals surface area contributed by atoms with Crippen LogP contribution >= 0.6 is 11.3 Å². The Balaban J connectivity index is 1.41. The summed E-state index contributed by atoms with van der Waals surface area (Å²) in [6, 6.07) is 20.2. The highest BCUT2D eigenvalue weighted by Crippen LogP contribution is 2.39. The molecule has 6 rings (SSSR count). The average molecular weight is 476 g/mol. The topological polar surface area (TPSA) is 81.8 Å². The second-order valence-electron chi connectivity index (χ2n) is 8.27. The molecule has 0 unspecified atom stereocenters. The molecule has 0 bridgehead atoms. The number of nitrogens with zero attached hydrogens (tertiary/aromatic N) is 7. The molecule has 1 aliphatic heterocycles. The van der Waals surface area contributed by atoms with Crippen LogP contribution < -0.4 is 9.80 Å². The van der Waals surface area contributed by atoms with Crippen LogP contribution in [0.1, 0.15) is 5.56 Å². The molecule has 35 heavy (non-hydrogen) atoms. The number of fused-ring (bicyclic) bond motifs is 1. The molecule has 0 N–H and O–H groups in total. The lowest BCUT2D eigenvalue weighted by Crippen LogP contribution is -2.47. The highest BCUT2D eigenvalue weighted by Gasteiger charge is 2.25. The normalized spacial score (nSPS) is 13.7. The first-order valence-corrected chi connectivity index (χ1v) is 12.3. The van der Waals surface area contributed by atoms with Gasteiger partial charge in [-0.1, -0.05) is 30.3 Å². The van der Waals surface area contributed by atoms with Gasteiger partial charge in [0.25, 0.3) is 0 Å². The van der Waals surface area contributed by atoms with E-state index < -0.39 is 0 Å². The van der Waals surface area contributed by atoms with E-state index in [0.717, 1.165) is 64.7 Å². The Labute approximate surface area is 207 Å². The van der Waals surface area contributed by atoms with E-state index in [-0.39, 0.29) is 0 Å². The zero-order valence-electron chi connectivity index (χ0n) is 18.9. The lowest BCUT2D eigenvalue weighted by Gasteiger charge is -2.36. The lowest BCUT2D eigenvalue weighted by molar-refractivity contribution is 0.643. The summed E-state index contributed by atoms with van der Waals surface area (Å²) >= 11 is 1.64. The second-order valence-corrected chi connectivity index (χ2v) is 9.13. The standard InChI is InChI=1S/C27H21N7S/c28-16-20-8-5-11-30-25(20)33-12-14-34(15-13-33)26-23-22(19-6-2-1-3-7-19)18-35-27(23)32-24(31-26)21-9-4-10-29-17-21/h1-11,17-18H,12-15H2. The number of anilines is 2. The third-order valence-electron chi connectivity index (χ3n) is 6.20. The molecular formula is C27H21N7S. The van der Waals surface area contributed by atoms with Crippen LogP contribution in [0.15, 0.2) is 78.6 Å². The number of nitriles is 1. The van der Waals surface area contributed by atoms with E-state index >= 15 is 0 Å². The number of benzene rings is 1. The van der Waals surface area contributed by atoms with E-state index in [1.165, 1.54) is 0 Å². The first kappa shape index (κ1) is 21.2. The summed E-state index contributed by atoms with van der Waals surface area (Å²) in [4.78, 5) is 24.2. The Morgan fingerprint density at radius 2 is 1.54 bits per heavy atom. The van der Waals surface area contributed by atoms with Crippen LogP contribution in [0.3, 0.4) is 0 Å². The number of pyridine rings is 2. The van der Waals surface area contributed by atoms with Gasteiger partial charge >= 0.3 is 0 Å². The minimum Gasteiger partial charge on any atom is -0.352 e. The molecule has 0 radical (unpaired) electrons. The van der Waals surface area contributed by atoms with Gasteiger partial charge in [-0.15, -0.1) is 11.3 Å². The third-order valence-corrected chi connectivity index (χ3v) is 7.08. The molecule has 4 aromatic heterocycles. The van der Waals surface area contributed by atoms with Gasteiger partial charge in [-0.2, -0.15) is 5.26 Å². The third kappa shape index (κ3) is 3.96. The van der Waals surface area contributed by atoms with Crippen LogP contribution in [0.5, 0.6) is 0 Å². The highest BCUT2D eigenvalue weighted by molar-refractivity contribution is 7.17.